The Balaban J connectivity index is 2.06. The molecule has 0 aromatic carbocycles. The van der Waals surface area contributed by atoms with Crippen LogP contribution in [0.4, 0.5) is 15.9 Å². The molecular weight excluding hydrogens is 426 g/mol. The third-order valence-corrected chi connectivity index (χ3v) is 5.67. The van der Waals surface area contributed by atoms with Gasteiger partial charge in [-0.05, 0) is 20.4 Å². The number of rotatable bonds is 0. The van der Waals surface area contributed by atoms with Gasteiger partial charge in [0.05, 0.1) is 39.6 Å². The Morgan fingerprint density at radius 3 is 2.92 bits per heavy atom. The van der Waals surface area contributed by atoms with Gasteiger partial charge in [0.2, 0.25) is 0 Å². The number of piperazine rings is 1. The highest BCUT2D eigenvalue weighted by atomic mass is 127. The van der Waals surface area contributed by atoms with Crippen LogP contribution in [0.15, 0.2) is 4.79 Å². The minimum absolute atomic E-state index is 0.244. The number of pyridine rings is 1. The van der Waals surface area contributed by atoms with Crippen molar-refractivity contribution in [3.05, 3.63) is 22.0 Å². The second-order valence-corrected chi connectivity index (χ2v) is 7.37. The van der Waals surface area contributed by atoms with Gasteiger partial charge in [0.15, 0.2) is 11.5 Å². The molecule has 0 spiro atoms. The maximum Gasteiger partial charge on any atom is 0.360 e. The molecule has 0 radical (unpaired) electrons. The van der Waals surface area contributed by atoms with Crippen molar-refractivity contribution in [1.82, 2.24) is 17.6 Å². The number of anilines is 2. The van der Waals surface area contributed by atoms with Crippen molar-refractivity contribution in [2.75, 3.05) is 43.4 Å². The van der Waals surface area contributed by atoms with Crippen LogP contribution in [-0.2, 0) is 0 Å². The van der Waals surface area contributed by atoms with E-state index in [0.717, 1.165) is 26.1 Å². The van der Waals surface area contributed by atoms with Crippen LogP contribution in [0, 0.1) is 12.7 Å². The van der Waals surface area contributed by atoms with Crippen LogP contribution in [0.3, 0.4) is 0 Å². The van der Waals surface area contributed by atoms with Gasteiger partial charge in [0, 0.05) is 32.2 Å². The predicted octanol–water partition coefficient (Wildman–Crippen LogP) is 1.37. The van der Waals surface area contributed by atoms with E-state index in [4.69, 9.17) is 0 Å². The number of likely N-dealkylation sites (N-methyl/N-ethyl adjacent to an activating group) is 1. The van der Waals surface area contributed by atoms with Crippen LogP contribution in [0.5, 0.6) is 0 Å². The zero-order valence-electron chi connectivity index (χ0n) is 13.5. The van der Waals surface area contributed by atoms with Crippen molar-refractivity contribution in [2.24, 2.45) is 0 Å². The van der Waals surface area contributed by atoms with Crippen molar-refractivity contribution >= 4 is 45.4 Å². The Labute approximate surface area is 152 Å². The molecular formula is C15H18FIN6O. The zero-order chi connectivity index (χ0) is 17.0. The lowest BCUT2D eigenvalue weighted by Gasteiger charge is -2.42. The van der Waals surface area contributed by atoms with Crippen LogP contribution < -0.4 is 15.9 Å². The fraction of sp³-hybridized carbons (Fsp3) is 0.533. The molecule has 1 saturated heterocycles. The highest BCUT2D eigenvalue weighted by Gasteiger charge is 2.32. The van der Waals surface area contributed by atoms with Gasteiger partial charge in [-0.1, -0.05) is 0 Å². The van der Waals surface area contributed by atoms with Crippen LogP contribution in [0.2, 0.25) is 0 Å². The van der Waals surface area contributed by atoms with E-state index in [1.807, 2.05) is 22.9 Å². The number of nitrogens with zero attached hydrogens (tertiary/aromatic N) is 5. The van der Waals surface area contributed by atoms with Gasteiger partial charge in [0.25, 0.3) is 0 Å². The largest absolute Gasteiger partial charge is 0.382 e. The van der Waals surface area contributed by atoms with E-state index < -0.39 is 0 Å². The van der Waals surface area contributed by atoms with Crippen molar-refractivity contribution in [3.63, 3.8) is 0 Å². The molecule has 24 heavy (non-hydrogen) atoms. The summed E-state index contributed by atoms with van der Waals surface area (Å²) in [4.78, 5) is 25.4. The fourth-order valence-electron chi connectivity index (χ4n) is 3.58. The molecule has 9 heteroatoms. The van der Waals surface area contributed by atoms with Gasteiger partial charge in [0.1, 0.15) is 5.82 Å². The fourth-order valence-corrected chi connectivity index (χ4v) is 4.03. The first-order chi connectivity index (χ1) is 11.5. The minimum atomic E-state index is -0.374. The average molecular weight is 444 g/mol. The molecule has 4 heterocycles. The standard InChI is InChI=1S/C15H18FIN6O/c1-8-11(16)12-10-13(20-15(24)23(17)14(10)19-8)22-6-5-21(2)7-9(22)3-4-18-12/h9,18H,3-7H2,1-2H3. The Kier molecular flexibility index (Phi) is 3.87. The van der Waals surface area contributed by atoms with Crippen molar-refractivity contribution in [1.29, 1.82) is 0 Å². The Morgan fingerprint density at radius 2 is 2.12 bits per heavy atom. The number of halogens is 2. The zero-order valence-corrected chi connectivity index (χ0v) is 15.7. The summed E-state index contributed by atoms with van der Waals surface area (Å²) >= 11 is 1.88. The van der Waals surface area contributed by atoms with Crippen LogP contribution in [0.1, 0.15) is 12.1 Å². The first-order valence-electron chi connectivity index (χ1n) is 7.95. The molecule has 0 saturated carbocycles. The molecule has 0 aliphatic carbocycles. The molecule has 2 aromatic heterocycles. The predicted molar refractivity (Wildman–Crippen MR) is 99.6 cm³/mol. The molecule has 1 fully saturated rings. The van der Waals surface area contributed by atoms with Gasteiger partial charge in [-0.15, -0.1) is 0 Å². The van der Waals surface area contributed by atoms with Crippen LogP contribution in [-0.4, -0.2) is 56.9 Å². The Bertz CT molecular complexity index is 885. The maximum atomic E-state index is 14.7. The summed E-state index contributed by atoms with van der Waals surface area (Å²) < 4.78 is 16.1. The Hall–Kier alpha value is -1.49. The molecule has 0 amide bonds. The van der Waals surface area contributed by atoms with E-state index >= 15 is 0 Å². The molecule has 1 N–H and O–H groups in total. The molecule has 2 aromatic rings. The molecule has 1 atom stereocenters. The molecule has 2 aliphatic rings. The first-order valence-corrected chi connectivity index (χ1v) is 8.92. The second-order valence-electron chi connectivity index (χ2n) is 6.41. The number of hydrogen-bond acceptors (Lipinski definition) is 6. The lowest BCUT2D eigenvalue weighted by atomic mass is 10.0. The van der Waals surface area contributed by atoms with Gasteiger partial charge in [-0.3, -0.25) is 0 Å². The average Bonchev–Trinajstić information content (AvgIpc) is 2.53. The smallest absolute Gasteiger partial charge is 0.360 e. The summed E-state index contributed by atoms with van der Waals surface area (Å²) in [5, 5.41) is 3.81. The normalized spacial score (nSPS) is 21.2. The summed E-state index contributed by atoms with van der Waals surface area (Å²) in [5.41, 5.74) is 0.776. The van der Waals surface area contributed by atoms with Crippen molar-refractivity contribution in [2.45, 2.75) is 19.4 Å². The quantitative estimate of drug-likeness (QED) is 0.620. The topological polar surface area (TPSA) is 66.3 Å². The number of aryl methyl sites for hydroxylation is 1. The van der Waals surface area contributed by atoms with E-state index in [2.05, 4.69) is 32.1 Å². The molecule has 0 bridgehead atoms. The summed E-state index contributed by atoms with van der Waals surface area (Å²) in [7, 11) is 2.09. The molecule has 7 nitrogen and oxygen atoms in total. The number of nitrogens with one attached hydrogen (secondary N) is 1. The SMILES string of the molecule is Cc1nc2c3c(nc(=O)n2I)N2CCN(C)CC2CCNc3c1F. The van der Waals surface area contributed by atoms with Crippen LogP contribution in [0.25, 0.3) is 11.0 Å². The summed E-state index contributed by atoms with van der Waals surface area (Å²) in [6.07, 6.45) is 0.862. The van der Waals surface area contributed by atoms with Crippen molar-refractivity contribution < 1.29 is 4.39 Å². The van der Waals surface area contributed by atoms with E-state index in [0.29, 0.717) is 29.1 Å². The summed E-state index contributed by atoms with van der Waals surface area (Å²) in [6.45, 7) is 4.84. The lowest BCUT2D eigenvalue weighted by Crippen LogP contribution is -2.53. The van der Waals surface area contributed by atoms with Gasteiger partial charge in [-0.25, -0.2) is 16.9 Å². The van der Waals surface area contributed by atoms with Gasteiger partial charge < -0.3 is 15.1 Å². The van der Waals surface area contributed by atoms with E-state index in [1.54, 1.807) is 6.92 Å². The number of hydrogen-bond donors (Lipinski definition) is 1. The van der Waals surface area contributed by atoms with Gasteiger partial charge >= 0.3 is 5.69 Å². The van der Waals surface area contributed by atoms with E-state index in [1.165, 1.54) is 2.78 Å². The lowest BCUT2D eigenvalue weighted by molar-refractivity contribution is 0.261. The number of aromatic nitrogens is 3. The van der Waals surface area contributed by atoms with E-state index in [9.17, 15) is 9.18 Å². The Morgan fingerprint density at radius 1 is 1.33 bits per heavy atom. The van der Waals surface area contributed by atoms with E-state index in [-0.39, 0.29) is 23.2 Å². The van der Waals surface area contributed by atoms with Crippen LogP contribution >= 0.6 is 22.9 Å². The highest BCUT2D eigenvalue weighted by molar-refractivity contribution is 14.1. The maximum absolute atomic E-state index is 14.7. The second kappa shape index (κ2) is 5.80. The molecule has 4 rings (SSSR count). The summed E-state index contributed by atoms with van der Waals surface area (Å²) in [5.74, 6) is 0.183. The van der Waals surface area contributed by atoms with Gasteiger partial charge in [-0.2, -0.15) is 4.98 Å². The number of fused-ring (bicyclic) bond motifs is 2. The molecule has 2 aliphatic heterocycles. The highest BCUT2D eigenvalue weighted by Crippen LogP contribution is 2.36. The first kappa shape index (κ1) is 16.0. The third kappa shape index (κ3) is 2.36. The monoisotopic (exact) mass is 444 g/mol. The minimum Gasteiger partial charge on any atom is -0.382 e. The molecule has 128 valence electrons. The third-order valence-electron chi connectivity index (χ3n) is 4.80. The van der Waals surface area contributed by atoms with Crippen molar-refractivity contribution in [3.8, 4) is 0 Å². The summed E-state index contributed by atoms with van der Waals surface area (Å²) in [6, 6.07) is 0.244. The molecule has 1 unspecified atom stereocenters.